The van der Waals surface area contributed by atoms with E-state index in [2.05, 4.69) is 0 Å². The zero-order valence-electron chi connectivity index (χ0n) is 10.5. The minimum absolute atomic E-state index is 0.00276. The van der Waals surface area contributed by atoms with Crippen LogP contribution in [-0.4, -0.2) is 42.2 Å². The molecular weight excluding hydrogens is 220 g/mol. The summed E-state index contributed by atoms with van der Waals surface area (Å²) >= 11 is 0. The Morgan fingerprint density at radius 1 is 1.25 bits per heavy atom. The third-order valence-corrected chi connectivity index (χ3v) is 5.73. The van der Waals surface area contributed by atoms with Crippen LogP contribution >= 0.6 is 0 Å². The quantitative estimate of drug-likeness (QED) is 0.295. The Morgan fingerprint density at radius 3 is 2.75 bits per heavy atom. The summed E-state index contributed by atoms with van der Waals surface area (Å²) in [6.07, 6.45) is 6.80. The highest BCUT2D eigenvalue weighted by molar-refractivity contribution is 6.35. The second-order valence-electron chi connectivity index (χ2n) is 5.08. The van der Waals surface area contributed by atoms with E-state index in [4.69, 9.17) is 14.2 Å². The summed E-state index contributed by atoms with van der Waals surface area (Å²) in [5.74, 6) is 0.944. The Kier molecular flexibility index (Phi) is 4.82. The third-order valence-electron chi connectivity index (χ3n) is 3.94. The van der Waals surface area contributed by atoms with E-state index in [1.54, 1.807) is 14.2 Å². The number of hydrogen-bond donors (Lipinski definition) is 0. The highest BCUT2D eigenvalue weighted by Gasteiger charge is 2.43. The van der Waals surface area contributed by atoms with Gasteiger partial charge < -0.3 is 14.2 Å². The van der Waals surface area contributed by atoms with Crippen molar-refractivity contribution in [1.82, 2.24) is 0 Å². The van der Waals surface area contributed by atoms with Gasteiger partial charge in [-0.15, -0.1) is 0 Å². The molecule has 1 saturated heterocycles. The first-order valence-electron chi connectivity index (χ1n) is 6.54. The van der Waals surface area contributed by atoms with Crippen molar-refractivity contribution in [2.45, 2.75) is 56.3 Å². The van der Waals surface area contributed by atoms with Gasteiger partial charge in [-0.25, -0.2) is 0 Å². The summed E-state index contributed by atoms with van der Waals surface area (Å²) in [5, 5.41) is 0. The maximum atomic E-state index is 5.56. The maximum Gasteiger partial charge on any atom is 0.153 e. The minimum atomic E-state index is 0.00276. The van der Waals surface area contributed by atoms with Crippen LogP contribution in [0.5, 0.6) is 0 Å². The number of rotatable bonds is 7. The number of hydrogen-bond acceptors (Lipinski definition) is 3. The summed E-state index contributed by atoms with van der Waals surface area (Å²) in [7, 11) is 3.46. The van der Waals surface area contributed by atoms with Crippen LogP contribution in [0.3, 0.4) is 0 Å². The molecule has 16 heavy (non-hydrogen) atoms. The molecule has 1 heterocycles. The van der Waals surface area contributed by atoms with Gasteiger partial charge in [0.2, 0.25) is 0 Å². The summed E-state index contributed by atoms with van der Waals surface area (Å²) < 4.78 is 16.0. The second kappa shape index (κ2) is 6.14. The molecular formula is C12H24O3Si. The molecule has 0 aromatic heterocycles. The van der Waals surface area contributed by atoms with Crippen molar-refractivity contribution in [1.29, 1.82) is 0 Å². The normalized spacial score (nSPS) is 33.6. The average Bonchev–Trinajstić information content (AvgIpc) is 3.07. The lowest BCUT2D eigenvalue weighted by Crippen LogP contribution is -2.17. The maximum absolute atomic E-state index is 5.56. The summed E-state index contributed by atoms with van der Waals surface area (Å²) in [4.78, 5) is 0. The molecule has 1 aliphatic heterocycles. The number of ether oxygens (including phenoxy) is 3. The van der Waals surface area contributed by atoms with Crippen LogP contribution in [0, 0.1) is 5.92 Å². The van der Waals surface area contributed by atoms with Gasteiger partial charge in [0.1, 0.15) is 0 Å². The van der Waals surface area contributed by atoms with E-state index in [1.807, 2.05) is 0 Å². The van der Waals surface area contributed by atoms with Gasteiger partial charge in [0.05, 0.1) is 12.2 Å². The molecule has 3 nitrogen and oxygen atoms in total. The van der Waals surface area contributed by atoms with Crippen molar-refractivity contribution in [3.8, 4) is 0 Å². The number of epoxide rings is 1. The minimum Gasteiger partial charge on any atom is -0.370 e. The standard InChI is InChI=1S/C12H24O3Si/c1-13-12(14-2)8-16-6-5-9-3-4-10-11(7-9)15-10/h9-12H,3-8,16H2,1-2H3. The molecule has 1 aliphatic carbocycles. The van der Waals surface area contributed by atoms with Crippen molar-refractivity contribution in [2.75, 3.05) is 14.2 Å². The Hall–Kier alpha value is 0.0969. The molecule has 4 heteroatoms. The molecule has 94 valence electrons. The number of fused-ring (bicyclic) bond motifs is 1. The highest BCUT2D eigenvalue weighted by atomic mass is 28.2. The van der Waals surface area contributed by atoms with E-state index < -0.39 is 0 Å². The molecule has 0 N–H and O–H groups in total. The Labute approximate surface area is 101 Å². The molecule has 2 fully saturated rings. The van der Waals surface area contributed by atoms with E-state index in [9.17, 15) is 0 Å². The smallest absolute Gasteiger partial charge is 0.153 e. The third kappa shape index (κ3) is 3.55. The van der Waals surface area contributed by atoms with Crippen molar-refractivity contribution < 1.29 is 14.2 Å². The van der Waals surface area contributed by atoms with E-state index in [1.165, 1.54) is 31.7 Å². The number of methoxy groups -OCH3 is 2. The van der Waals surface area contributed by atoms with Gasteiger partial charge in [0.15, 0.2) is 6.29 Å². The highest BCUT2D eigenvalue weighted by Crippen LogP contribution is 2.40. The van der Waals surface area contributed by atoms with E-state index in [0.29, 0.717) is 12.2 Å². The first-order chi connectivity index (χ1) is 7.83. The molecule has 0 spiro atoms. The summed E-state index contributed by atoms with van der Waals surface area (Å²) in [6.45, 7) is 0. The lowest BCUT2D eigenvalue weighted by Gasteiger charge is -2.19. The van der Waals surface area contributed by atoms with E-state index in [-0.39, 0.29) is 15.8 Å². The van der Waals surface area contributed by atoms with Gasteiger partial charge in [-0.05, 0) is 31.2 Å². The van der Waals surface area contributed by atoms with Gasteiger partial charge in [0.25, 0.3) is 0 Å². The van der Waals surface area contributed by atoms with Gasteiger partial charge in [-0.1, -0.05) is 12.5 Å². The molecule has 0 aromatic rings. The molecule has 0 radical (unpaired) electrons. The van der Waals surface area contributed by atoms with Crippen LogP contribution in [0.1, 0.15) is 25.7 Å². The van der Waals surface area contributed by atoms with Crippen LogP contribution in [0.4, 0.5) is 0 Å². The van der Waals surface area contributed by atoms with E-state index in [0.717, 1.165) is 12.0 Å². The predicted octanol–water partition coefficient (Wildman–Crippen LogP) is 1.57. The molecule has 0 bridgehead atoms. The lowest BCUT2D eigenvalue weighted by molar-refractivity contribution is -0.0876. The fourth-order valence-corrected chi connectivity index (χ4v) is 4.78. The summed E-state index contributed by atoms with van der Waals surface area (Å²) in [6, 6.07) is 2.59. The zero-order chi connectivity index (χ0) is 11.4. The fourth-order valence-electron chi connectivity index (χ4n) is 2.82. The van der Waals surface area contributed by atoms with Crippen molar-refractivity contribution in [3.05, 3.63) is 0 Å². The van der Waals surface area contributed by atoms with Crippen LogP contribution in [0.2, 0.25) is 12.1 Å². The zero-order valence-corrected chi connectivity index (χ0v) is 11.9. The van der Waals surface area contributed by atoms with Crippen molar-refractivity contribution in [2.24, 2.45) is 5.92 Å². The molecule has 3 atom stereocenters. The molecule has 0 aromatic carbocycles. The molecule has 3 unspecified atom stereocenters. The predicted molar refractivity (Wildman–Crippen MR) is 66.6 cm³/mol. The first-order valence-corrected chi connectivity index (χ1v) is 8.54. The van der Waals surface area contributed by atoms with Gasteiger partial charge in [-0.2, -0.15) is 0 Å². The van der Waals surface area contributed by atoms with Gasteiger partial charge >= 0.3 is 0 Å². The Morgan fingerprint density at radius 2 is 2.06 bits per heavy atom. The van der Waals surface area contributed by atoms with Gasteiger partial charge in [0, 0.05) is 23.7 Å². The van der Waals surface area contributed by atoms with Crippen LogP contribution < -0.4 is 0 Å². The van der Waals surface area contributed by atoms with E-state index >= 15 is 0 Å². The average molecular weight is 244 g/mol. The molecule has 1 saturated carbocycles. The SMILES string of the molecule is COC(C[SiH2]CCC1CCC2OC2C1)OC. The topological polar surface area (TPSA) is 31.0 Å². The molecule has 0 amide bonds. The van der Waals surface area contributed by atoms with Gasteiger partial charge in [-0.3, -0.25) is 0 Å². The molecule has 2 aliphatic rings. The van der Waals surface area contributed by atoms with Crippen molar-refractivity contribution >= 4 is 9.52 Å². The first kappa shape index (κ1) is 12.6. The van der Waals surface area contributed by atoms with Crippen molar-refractivity contribution in [3.63, 3.8) is 0 Å². The monoisotopic (exact) mass is 244 g/mol. The van der Waals surface area contributed by atoms with Crippen LogP contribution in [-0.2, 0) is 14.2 Å². The fraction of sp³-hybridized carbons (Fsp3) is 1.00. The Bertz CT molecular complexity index is 208. The molecule has 2 rings (SSSR count). The summed E-state index contributed by atoms with van der Waals surface area (Å²) in [5.41, 5.74) is 0. The Balaban J connectivity index is 1.50. The van der Waals surface area contributed by atoms with Crippen LogP contribution in [0.15, 0.2) is 0 Å². The largest absolute Gasteiger partial charge is 0.370 e. The second-order valence-corrected chi connectivity index (χ2v) is 7.07. The van der Waals surface area contributed by atoms with Crippen LogP contribution in [0.25, 0.3) is 0 Å². The lowest BCUT2D eigenvalue weighted by atomic mass is 9.88.